The van der Waals surface area contributed by atoms with Gasteiger partial charge in [0.2, 0.25) is 0 Å². The summed E-state index contributed by atoms with van der Waals surface area (Å²) in [5.41, 5.74) is 1.60. The zero-order valence-electron chi connectivity index (χ0n) is 6.40. The molecular formula is C8H5N3O. The average molecular weight is 159 g/mol. The van der Waals surface area contributed by atoms with Gasteiger partial charge in [-0.3, -0.25) is 0 Å². The molecule has 0 atom stereocenters. The normalized spacial score (nSPS) is 10.0. The second-order valence-electron chi connectivity index (χ2n) is 2.39. The first-order valence-corrected chi connectivity index (χ1v) is 3.42. The van der Waals surface area contributed by atoms with Crippen LogP contribution in [0.2, 0.25) is 0 Å². The lowest BCUT2D eigenvalue weighted by Crippen LogP contribution is -1.85. The highest BCUT2D eigenvalue weighted by atomic mass is 16.3. The number of nitrogens with zero attached hydrogens (tertiary/aromatic N) is 3. The van der Waals surface area contributed by atoms with E-state index in [1.165, 1.54) is 6.26 Å². The third kappa shape index (κ3) is 0.839. The zero-order chi connectivity index (χ0) is 8.55. The molecule has 2 rings (SSSR count). The highest BCUT2D eigenvalue weighted by Crippen LogP contribution is 2.16. The molecule has 2 aromatic heterocycles. The highest BCUT2D eigenvalue weighted by Gasteiger charge is 2.06. The Morgan fingerprint density at radius 2 is 2.42 bits per heavy atom. The van der Waals surface area contributed by atoms with E-state index in [2.05, 4.69) is 9.97 Å². The molecule has 0 aliphatic heterocycles. The fourth-order valence-electron chi connectivity index (χ4n) is 0.996. The van der Waals surface area contributed by atoms with Crippen molar-refractivity contribution in [2.75, 3.05) is 0 Å². The third-order valence-corrected chi connectivity index (χ3v) is 1.55. The minimum absolute atomic E-state index is 0.454. The van der Waals surface area contributed by atoms with Crippen molar-refractivity contribution in [3.8, 4) is 6.07 Å². The van der Waals surface area contributed by atoms with Crippen LogP contribution in [0, 0.1) is 18.3 Å². The monoisotopic (exact) mass is 159 g/mol. The molecule has 0 saturated heterocycles. The van der Waals surface area contributed by atoms with Gasteiger partial charge in [0.25, 0.3) is 0 Å². The quantitative estimate of drug-likeness (QED) is 0.582. The van der Waals surface area contributed by atoms with Crippen molar-refractivity contribution in [1.29, 1.82) is 5.26 Å². The van der Waals surface area contributed by atoms with E-state index in [1.807, 2.05) is 6.07 Å². The van der Waals surface area contributed by atoms with E-state index in [9.17, 15) is 0 Å². The summed E-state index contributed by atoms with van der Waals surface area (Å²) in [6.45, 7) is 1.77. The number of aryl methyl sites for hydroxylation is 1. The largest absolute Gasteiger partial charge is 0.460 e. The van der Waals surface area contributed by atoms with Crippen LogP contribution in [0.1, 0.15) is 11.4 Å². The number of aromatic nitrogens is 2. The Kier molecular flexibility index (Phi) is 1.31. The molecule has 12 heavy (non-hydrogen) atoms. The van der Waals surface area contributed by atoms with Crippen LogP contribution in [0.4, 0.5) is 0 Å². The first kappa shape index (κ1) is 6.80. The molecule has 0 spiro atoms. The van der Waals surface area contributed by atoms with Crippen molar-refractivity contribution >= 4 is 11.1 Å². The molecule has 0 radical (unpaired) electrons. The van der Waals surface area contributed by atoms with Gasteiger partial charge >= 0.3 is 0 Å². The third-order valence-electron chi connectivity index (χ3n) is 1.55. The van der Waals surface area contributed by atoms with Gasteiger partial charge in [-0.15, -0.1) is 0 Å². The predicted molar refractivity (Wildman–Crippen MR) is 41.3 cm³/mol. The maximum Gasteiger partial charge on any atom is 0.172 e. The number of hydrogen-bond donors (Lipinski definition) is 0. The van der Waals surface area contributed by atoms with Crippen molar-refractivity contribution in [2.24, 2.45) is 0 Å². The molecule has 0 saturated carbocycles. The summed E-state index contributed by atoms with van der Waals surface area (Å²) in [6.07, 6.45) is 2.96. The standard InChI is InChI=1S/C8H5N3O/c1-5-10-3-7-8(11-5)6(2-9)4-12-7/h3-4H,1H3. The van der Waals surface area contributed by atoms with Crippen molar-refractivity contribution < 1.29 is 4.42 Å². The van der Waals surface area contributed by atoms with Crippen LogP contribution in [0.15, 0.2) is 16.9 Å². The average Bonchev–Trinajstić information content (AvgIpc) is 2.46. The van der Waals surface area contributed by atoms with Crippen LogP contribution < -0.4 is 0 Å². The van der Waals surface area contributed by atoms with E-state index >= 15 is 0 Å². The number of hydrogen-bond acceptors (Lipinski definition) is 4. The summed E-state index contributed by atoms with van der Waals surface area (Å²) < 4.78 is 5.05. The van der Waals surface area contributed by atoms with Gasteiger partial charge in [0, 0.05) is 0 Å². The van der Waals surface area contributed by atoms with Crippen molar-refractivity contribution in [3.05, 3.63) is 23.8 Å². The summed E-state index contributed by atoms with van der Waals surface area (Å²) in [6, 6.07) is 1.99. The van der Waals surface area contributed by atoms with Crippen LogP contribution in [-0.4, -0.2) is 9.97 Å². The number of rotatable bonds is 0. The van der Waals surface area contributed by atoms with Gasteiger partial charge in [0.05, 0.1) is 6.20 Å². The van der Waals surface area contributed by atoms with Gasteiger partial charge in [-0.25, -0.2) is 9.97 Å². The fourth-order valence-corrected chi connectivity index (χ4v) is 0.996. The summed E-state index contributed by atoms with van der Waals surface area (Å²) in [5, 5.41) is 8.64. The summed E-state index contributed by atoms with van der Waals surface area (Å²) in [7, 11) is 0. The first-order chi connectivity index (χ1) is 5.81. The van der Waals surface area contributed by atoms with E-state index in [1.54, 1.807) is 13.1 Å². The van der Waals surface area contributed by atoms with Crippen LogP contribution in [0.25, 0.3) is 11.1 Å². The maximum atomic E-state index is 8.64. The van der Waals surface area contributed by atoms with Crippen LogP contribution in [-0.2, 0) is 0 Å². The molecule has 0 aliphatic rings. The molecule has 0 amide bonds. The maximum absolute atomic E-state index is 8.64. The molecule has 0 unspecified atom stereocenters. The molecule has 0 bridgehead atoms. The minimum Gasteiger partial charge on any atom is -0.460 e. The van der Waals surface area contributed by atoms with E-state index in [0.29, 0.717) is 22.5 Å². The molecule has 58 valence electrons. The van der Waals surface area contributed by atoms with E-state index in [-0.39, 0.29) is 0 Å². The van der Waals surface area contributed by atoms with Gasteiger partial charge in [-0.05, 0) is 6.92 Å². The SMILES string of the molecule is Cc1ncc2occ(C#N)c2n1. The van der Waals surface area contributed by atoms with Crippen LogP contribution in [0.5, 0.6) is 0 Å². The molecule has 4 nitrogen and oxygen atoms in total. The zero-order valence-corrected chi connectivity index (χ0v) is 6.40. The highest BCUT2D eigenvalue weighted by molar-refractivity contribution is 5.78. The molecule has 0 aliphatic carbocycles. The lowest BCUT2D eigenvalue weighted by atomic mass is 10.3. The second kappa shape index (κ2) is 2.31. The molecule has 2 aromatic rings. The second-order valence-corrected chi connectivity index (χ2v) is 2.39. The van der Waals surface area contributed by atoms with Gasteiger partial charge < -0.3 is 4.42 Å². The topological polar surface area (TPSA) is 62.7 Å². The smallest absolute Gasteiger partial charge is 0.172 e. The number of fused-ring (bicyclic) bond motifs is 1. The lowest BCUT2D eigenvalue weighted by molar-refractivity contribution is 0.612. The lowest BCUT2D eigenvalue weighted by Gasteiger charge is -1.88. The van der Waals surface area contributed by atoms with Gasteiger partial charge in [-0.2, -0.15) is 5.26 Å². The Balaban J connectivity index is 2.86. The van der Waals surface area contributed by atoms with E-state index in [0.717, 1.165) is 0 Å². The van der Waals surface area contributed by atoms with Gasteiger partial charge in [0.1, 0.15) is 29.2 Å². The predicted octanol–water partition coefficient (Wildman–Crippen LogP) is 1.40. The summed E-state index contributed by atoms with van der Waals surface area (Å²) in [5.74, 6) is 0.639. The van der Waals surface area contributed by atoms with Crippen molar-refractivity contribution in [1.82, 2.24) is 9.97 Å². The van der Waals surface area contributed by atoms with Gasteiger partial charge in [-0.1, -0.05) is 0 Å². The van der Waals surface area contributed by atoms with E-state index in [4.69, 9.17) is 9.68 Å². The Morgan fingerprint density at radius 3 is 3.17 bits per heavy atom. The molecule has 0 aromatic carbocycles. The van der Waals surface area contributed by atoms with Crippen LogP contribution >= 0.6 is 0 Å². The Hall–Kier alpha value is -1.89. The summed E-state index contributed by atoms with van der Waals surface area (Å²) in [4.78, 5) is 8.02. The molecule has 4 heteroatoms. The fraction of sp³-hybridized carbons (Fsp3) is 0.125. The van der Waals surface area contributed by atoms with Crippen molar-refractivity contribution in [2.45, 2.75) is 6.92 Å². The number of nitriles is 1. The minimum atomic E-state index is 0.454. The van der Waals surface area contributed by atoms with Crippen LogP contribution in [0.3, 0.4) is 0 Å². The van der Waals surface area contributed by atoms with Gasteiger partial charge in [0.15, 0.2) is 5.58 Å². The Labute approximate surface area is 68.5 Å². The Morgan fingerprint density at radius 1 is 1.58 bits per heavy atom. The first-order valence-electron chi connectivity index (χ1n) is 3.42. The number of furan rings is 1. The van der Waals surface area contributed by atoms with E-state index < -0.39 is 0 Å². The summed E-state index contributed by atoms with van der Waals surface area (Å²) >= 11 is 0. The Bertz CT molecular complexity index is 467. The molecular weight excluding hydrogens is 154 g/mol. The molecule has 2 heterocycles. The molecule has 0 fully saturated rings. The molecule has 0 N–H and O–H groups in total. The van der Waals surface area contributed by atoms with Crippen molar-refractivity contribution in [3.63, 3.8) is 0 Å².